The predicted molar refractivity (Wildman–Crippen MR) is 108 cm³/mol. The van der Waals surface area contributed by atoms with Gasteiger partial charge in [-0.15, -0.1) is 17.5 Å². The van der Waals surface area contributed by atoms with Gasteiger partial charge in [0.1, 0.15) is 5.75 Å². The third kappa shape index (κ3) is 4.30. The van der Waals surface area contributed by atoms with Crippen LogP contribution in [-0.4, -0.2) is 46.6 Å². The van der Waals surface area contributed by atoms with Crippen molar-refractivity contribution < 1.29 is 4.74 Å². The molecule has 142 valence electrons. The Balaban J connectivity index is 0.00000210. The molecule has 27 heavy (non-hydrogen) atoms. The summed E-state index contributed by atoms with van der Waals surface area (Å²) >= 11 is 0. The first kappa shape index (κ1) is 19.4. The molecule has 1 N–H and O–H groups in total. The lowest BCUT2D eigenvalue weighted by atomic mass is 10.0. The monoisotopic (exact) mass is 385 g/mol. The molecule has 1 unspecified atom stereocenters. The van der Waals surface area contributed by atoms with Crippen LogP contribution < -0.4 is 10.1 Å². The van der Waals surface area contributed by atoms with Gasteiger partial charge >= 0.3 is 0 Å². The van der Waals surface area contributed by atoms with Crippen LogP contribution in [0.1, 0.15) is 17.3 Å². The quantitative estimate of drug-likeness (QED) is 0.732. The molecule has 1 aliphatic heterocycles. The van der Waals surface area contributed by atoms with E-state index in [2.05, 4.69) is 32.7 Å². The van der Waals surface area contributed by atoms with Crippen molar-refractivity contribution in [3.63, 3.8) is 0 Å². The SMILES string of the molecule is COc1ccccc1C1CNCCN1Cc1cn(-c2ccccc2)nn1.Cl. The van der Waals surface area contributed by atoms with Crippen molar-refractivity contribution >= 4 is 12.4 Å². The van der Waals surface area contributed by atoms with E-state index in [-0.39, 0.29) is 18.4 Å². The Bertz CT molecular complexity index is 854. The minimum Gasteiger partial charge on any atom is -0.496 e. The Hall–Kier alpha value is -2.41. The molecule has 4 rings (SSSR count). The number of methoxy groups -OCH3 is 1. The number of piperazine rings is 1. The first-order valence-corrected chi connectivity index (χ1v) is 8.89. The Labute approximate surface area is 165 Å². The standard InChI is InChI=1S/C20H23N5O.ClH/c1-26-20-10-6-5-9-18(20)19-13-21-11-12-24(19)14-16-15-25(23-22-16)17-7-3-2-4-8-17;/h2-10,15,19,21H,11-14H2,1H3;1H. The number of hydrogen-bond donors (Lipinski definition) is 1. The van der Waals surface area contributed by atoms with Gasteiger partial charge in [0, 0.05) is 31.7 Å². The molecular formula is C20H24ClN5O. The highest BCUT2D eigenvalue weighted by atomic mass is 35.5. The van der Waals surface area contributed by atoms with Crippen LogP contribution in [0.4, 0.5) is 0 Å². The van der Waals surface area contributed by atoms with Crippen molar-refractivity contribution in [2.24, 2.45) is 0 Å². The maximum absolute atomic E-state index is 5.57. The molecular weight excluding hydrogens is 362 g/mol. The zero-order chi connectivity index (χ0) is 17.8. The van der Waals surface area contributed by atoms with Crippen LogP contribution in [0, 0.1) is 0 Å². The number of nitrogens with one attached hydrogen (secondary N) is 1. The zero-order valence-corrected chi connectivity index (χ0v) is 16.1. The van der Waals surface area contributed by atoms with Crippen LogP contribution in [0.2, 0.25) is 0 Å². The molecule has 1 atom stereocenters. The summed E-state index contributed by atoms with van der Waals surface area (Å²) in [5.74, 6) is 0.930. The van der Waals surface area contributed by atoms with Crippen molar-refractivity contribution in [1.82, 2.24) is 25.2 Å². The van der Waals surface area contributed by atoms with Gasteiger partial charge < -0.3 is 10.1 Å². The lowest BCUT2D eigenvalue weighted by Gasteiger charge is -2.36. The molecule has 0 radical (unpaired) electrons. The Morgan fingerprint density at radius 3 is 2.70 bits per heavy atom. The molecule has 0 bridgehead atoms. The van der Waals surface area contributed by atoms with E-state index in [0.29, 0.717) is 0 Å². The second kappa shape index (κ2) is 8.99. The number of hydrogen-bond acceptors (Lipinski definition) is 5. The van der Waals surface area contributed by atoms with Gasteiger partial charge in [-0.25, -0.2) is 4.68 Å². The summed E-state index contributed by atoms with van der Waals surface area (Å²) in [4.78, 5) is 2.44. The van der Waals surface area contributed by atoms with E-state index in [1.807, 2.05) is 53.3 Å². The third-order valence-corrected chi connectivity index (χ3v) is 4.78. The van der Waals surface area contributed by atoms with Crippen molar-refractivity contribution in [2.75, 3.05) is 26.7 Å². The summed E-state index contributed by atoms with van der Waals surface area (Å²) in [6.45, 7) is 3.59. The van der Waals surface area contributed by atoms with E-state index in [0.717, 1.165) is 43.3 Å². The number of nitrogens with zero attached hydrogens (tertiary/aromatic N) is 4. The fraction of sp³-hybridized carbons (Fsp3) is 0.300. The van der Waals surface area contributed by atoms with Crippen LogP contribution in [0.3, 0.4) is 0 Å². The first-order valence-electron chi connectivity index (χ1n) is 8.89. The normalized spacial score (nSPS) is 17.3. The average molecular weight is 386 g/mol. The number of aromatic nitrogens is 3. The Kier molecular flexibility index (Phi) is 6.45. The van der Waals surface area contributed by atoms with Crippen molar-refractivity contribution in [3.8, 4) is 11.4 Å². The average Bonchev–Trinajstić information content (AvgIpc) is 3.18. The van der Waals surface area contributed by atoms with Gasteiger partial charge in [0.2, 0.25) is 0 Å². The highest BCUT2D eigenvalue weighted by molar-refractivity contribution is 5.85. The molecule has 1 fully saturated rings. The number of halogens is 1. The summed E-state index contributed by atoms with van der Waals surface area (Å²) in [7, 11) is 1.73. The smallest absolute Gasteiger partial charge is 0.123 e. The molecule has 1 saturated heterocycles. The molecule has 1 aliphatic rings. The third-order valence-electron chi connectivity index (χ3n) is 4.78. The molecule has 0 spiro atoms. The van der Waals surface area contributed by atoms with Gasteiger partial charge in [0.25, 0.3) is 0 Å². The highest BCUT2D eigenvalue weighted by Gasteiger charge is 2.26. The van der Waals surface area contributed by atoms with Crippen molar-refractivity contribution in [2.45, 2.75) is 12.6 Å². The van der Waals surface area contributed by atoms with Crippen LogP contribution >= 0.6 is 12.4 Å². The van der Waals surface area contributed by atoms with E-state index in [9.17, 15) is 0 Å². The van der Waals surface area contributed by atoms with E-state index in [1.165, 1.54) is 5.56 Å². The molecule has 0 saturated carbocycles. The maximum Gasteiger partial charge on any atom is 0.123 e. The molecule has 0 aliphatic carbocycles. The molecule has 2 aromatic carbocycles. The van der Waals surface area contributed by atoms with E-state index >= 15 is 0 Å². The van der Waals surface area contributed by atoms with Gasteiger partial charge in [0.15, 0.2) is 0 Å². The molecule has 0 amide bonds. The van der Waals surface area contributed by atoms with Crippen molar-refractivity contribution in [3.05, 3.63) is 72.1 Å². The van der Waals surface area contributed by atoms with Gasteiger partial charge in [-0.3, -0.25) is 4.90 Å². The lowest BCUT2D eigenvalue weighted by Crippen LogP contribution is -2.45. The number of para-hydroxylation sites is 2. The number of rotatable bonds is 5. The van der Waals surface area contributed by atoms with Gasteiger partial charge in [-0.2, -0.15) is 0 Å². The van der Waals surface area contributed by atoms with Crippen LogP contribution in [0.15, 0.2) is 60.8 Å². The predicted octanol–water partition coefficient (Wildman–Crippen LogP) is 2.84. The fourth-order valence-corrected chi connectivity index (χ4v) is 3.47. The molecule has 2 heterocycles. The zero-order valence-electron chi connectivity index (χ0n) is 15.3. The van der Waals surface area contributed by atoms with Crippen LogP contribution in [0.5, 0.6) is 5.75 Å². The lowest BCUT2D eigenvalue weighted by molar-refractivity contribution is 0.149. The topological polar surface area (TPSA) is 55.2 Å². The van der Waals surface area contributed by atoms with Gasteiger partial charge in [-0.05, 0) is 18.2 Å². The molecule has 1 aromatic heterocycles. The minimum absolute atomic E-state index is 0. The number of benzene rings is 2. The highest BCUT2D eigenvalue weighted by Crippen LogP contribution is 2.30. The summed E-state index contributed by atoms with van der Waals surface area (Å²) in [5.41, 5.74) is 3.20. The second-order valence-corrected chi connectivity index (χ2v) is 6.42. The van der Waals surface area contributed by atoms with E-state index < -0.39 is 0 Å². The van der Waals surface area contributed by atoms with Crippen LogP contribution in [0.25, 0.3) is 5.69 Å². The number of ether oxygens (including phenoxy) is 1. The van der Waals surface area contributed by atoms with Gasteiger partial charge in [-0.1, -0.05) is 41.6 Å². The first-order chi connectivity index (χ1) is 12.8. The summed E-state index contributed by atoms with van der Waals surface area (Å²) in [6.07, 6.45) is 2.01. The molecule has 6 nitrogen and oxygen atoms in total. The second-order valence-electron chi connectivity index (χ2n) is 6.42. The summed E-state index contributed by atoms with van der Waals surface area (Å²) < 4.78 is 7.40. The van der Waals surface area contributed by atoms with E-state index in [1.54, 1.807) is 7.11 Å². The maximum atomic E-state index is 5.57. The van der Waals surface area contributed by atoms with Crippen molar-refractivity contribution in [1.29, 1.82) is 0 Å². The van der Waals surface area contributed by atoms with Gasteiger partial charge in [0.05, 0.1) is 30.7 Å². The largest absolute Gasteiger partial charge is 0.496 e. The fourth-order valence-electron chi connectivity index (χ4n) is 3.47. The molecule has 3 aromatic rings. The summed E-state index contributed by atoms with van der Waals surface area (Å²) in [6, 6.07) is 18.6. The Morgan fingerprint density at radius 1 is 1.11 bits per heavy atom. The summed E-state index contributed by atoms with van der Waals surface area (Å²) in [5, 5.41) is 12.2. The molecule has 7 heteroatoms. The van der Waals surface area contributed by atoms with Crippen LogP contribution in [-0.2, 0) is 6.54 Å². The minimum atomic E-state index is 0. The van der Waals surface area contributed by atoms with E-state index in [4.69, 9.17) is 4.74 Å². The Morgan fingerprint density at radius 2 is 1.89 bits per heavy atom.